The first-order chi connectivity index (χ1) is 9.95. The van der Waals surface area contributed by atoms with E-state index in [0.717, 1.165) is 35.8 Å². The van der Waals surface area contributed by atoms with Crippen LogP contribution in [0.3, 0.4) is 0 Å². The highest BCUT2D eigenvalue weighted by Crippen LogP contribution is 2.42. The van der Waals surface area contributed by atoms with Crippen LogP contribution in [0.1, 0.15) is 75.1 Å². The lowest BCUT2D eigenvalue weighted by molar-refractivity contribution is 0.170. The predicted molar refractivity (Wildman–Crippen MR) is 89.6 cm³/mol. The zero-order chi connectivity index (χ0) is 15.6. The predicted octanol–water partition coefficient (Wildman–Crippen LogP) is 5.32. The minimum absolute atomic E-state index is 0.470. The number of hydrogen-bond acceptors (Lipinski definition) is 2. The summed E-state index contributed by atoms with van der Waals surface area (Å²) < 4.78 is 5.91. The van der Waals surface area contributed by atoms with Gasteiger partial charge in [0.15, 0.2) is 0 Å². The molecule has 1 aromatic rings. The zero-order valence-corrected chi connectivity index (χ0v) is 14.8. The largest absolute Gasteiger partial charge is 0.466 e. The first kappa shape index (κ1) is 16.6. The van der Waals surface area contributed by atoms with Gasteiger partial charge in [-0.05, 0) is 69.9 Å². The molecule has 0 radical (unpaired) electrons. The molecule has 0 aromatic carbocycles. The fourth-order valence-corrected chi connectivity index (χ4v) is 3.96. The molecule has 1 aromatic heterocycles. The van der Waals surface area contributed by atoms with Crippen molar-refractivity contribution in [1.29, 1.82) is 0 Å². The molecule has 0 aliphatic heterocycles. The minimum Gasteiger partial charge on any atom is -0.466 e. The molecule has 1 saturated carbocycles. The molecule has 21 heavy (non-hydrogen) atoms. The third-order valence-corrected chi connectivity index (χ3v) is 5.65. The fourth-order valence-electron chi connectivity index (χ4n) is 3.96. The molecular weight excluding hydrogens is 258 g/mol. The minimum atomic E-state index is 0.470. The topological polar surface area (TPSA) is 25.2 Å². The Hall–Kier alpha value is -0.760. The van der Waals surface area contributed by atoms with Crippen LogP contribution in [0, 0.1) is 38.5 Å². The van der Waals surface area contributed by atoms with Crippen LogP contribution in [0.5, 0.6) is 0 Å². The third-order valence-electron chi connectivity index (χ3n) is 5.65. The average Bonchev–Trinajstić information content (AvgIpc) is 2.69. The van der Waals surface area contributed by atoms with Crippen molar-refractivity contribution in [2.75, 3.05) is 6.54 Å². The summed E-state index contributed by atoms with van der Waals surface area (Å²) in [6, 6.07) is 0.470. The molecule has 0 amide bonds. The SMILES string of the molecule is CCCNC(c1c(C)oc(C)c1C)C1CCC(C)C(C)C1. The lowest BCUT2D eigenvalue weighted by Crippen LogP contribution is -2.34. The molecule has 1 N–H and O–H groups in total. The smallest absolute Gasteiger partial charge is 0.106 e. The van der Waals surface area contributed by atoms with Gasteiger partial charge < -0.3 is 9.73 Å². The van der Waals surface area contributed by atoms with Crippen molar-refractivity contribution < 1.29 is 4.42 Å². The van der Waals surface area contributed by atoms with Crippen LogP contribution < -0.4 is 5.32 Å². The summed E-state index contributed by atoms with van der Waals surface area (Å²) in [6.45, 7) is 14.6. The third kappa shape index (κ3) is 3.53. The molecule has 0 saturated heterocycles. The molecule has 120 valence electrons. The van der Waals surface area contributed by atoms with Crippen molar-refractivity contribution in [2.45, 2.75) is 73.3 Å². The normalized spacial score (nSPS) is 27.8. The highest BCUT2D eigenvalue weighted by Gasteiger charge is 2.33. The fraction of sp³-hybridized carbons (Fsp3) is 0.789. The monoisotopic (exact) mass is 291 g/mol. The number of hydrogen-bond donors (Lipinski definition) is 1. The summed E-state index contributed by atoms with van der Waals surface area (Å²) >= 11 is 0. The maximum Gasteiger partial charge on any atom is 0.106 e. The van der Waals surface area contributed by atoms with Crippen LogP contribution in [0.25, 0.3) is 0 Å². The van der Waals surface area contributed by atoms with Crippen molar-refractivity contribution in [1.82, 2.24) is 5.32 Å². The lowest BCUT2D eigenvalue weighted by Gasteiger charge is -2.37. The molecule has 1 heterocycles. The quantitative estimate of drug-likeness (QED) is 0.794. The molecule has 1 aliphatic rings. The Balaban J connectivity index is 2.26. The Labute approximate surface area is 130 Å². The average molecular weight is 291 g/mol. The number of aryl methyl sites for hydroxylation is 2. The van der Waals surface area contributed by atoms with Crippen LogP contribution in [-0.4, -0.2) is 6.54 Å². The maximum absolute atomic E-state index is 5.91. The van der Waals surface area contributed by atoms with Gasteiger partial charge in [0, 0.05) is 11.6 Å². The Bertz CT molecular complexity index is 462. The van der Waals surface area contributed by atoms with Gasteiger partial charge in [0.1, 0.15) is 11.5 Å². The van der Waals surface area contributed by atoms with E-state index in [2.05, 4.69) is 46.9 Å². The molecule has 2 nitrogen and oxygen atoms in total. The summed E-state index contributed by atoms with van der Waals surface area (Å²) in [5, 5.41) is 3.83. The van der Waals surface area contributed by atoms with E-state index in [1.807, 2.05) is 0 Å². The Morgan fingerprint density at radius 1 is 1.10 bits per heavy atom. The summed E-state index contributed by atoms with van der Waals surface area (Å²) in [4.78, 5) is 0. The van der Waals surface area contributed by atoms with Crippen LogP contribution in [0.15, 0.2) is 4.42 Å². The molecule has 4 atom stereocenters. The number of rotatable bonds is 5. The second-order valence-electron chi connectivity index (χ2n) is 7.21. The van der Waals surface area contributed by atoms with E-state index in [1.165, 1.54) is 36.8 Å². The first-order valence-corrected chi connectivity index (χ1v) is 8.75. The Kier molecular flexibility index (Phi) is 5.54. The van der Waals surface area contributed by atoms with Crippen molar-refractivity contribution in [3.63, 3.8) is 0 Å². The van der Waals surface area contributed by atoms with Crippen LogP contribution in [0.2, 0.25) is 0 Å². The van der Waals surface area contributed by atoms with Gasteiger partial charge in [-0.2, -0.15) is 0 Å². The van der Waals surface area contributed by atoms with Gasteiger partial charge in [0.2, 0.25) is 0 Å². The molecule has 0 spiro atoms. The van der Waals surface area contributed by atoms with E-state index in [9.17, 15) is 0 Å². The highest BCUT2D eigenvalue weighted by molar-refractivity contribution is 5.35. The summed E-state index contributed by atoms with van der Waals surface area (Å²) in [5.41, 5.74) is 2.79. The molecule has 1 fully saturated rings. The summed E-state index contributed by atoms with van der Waals surface area (Å²) in [5.74, 6) is 4.66. The van der Waals surface area contributed by atoms with Crippen molar-refractivity contribution in [3.05, 3.63) is 22.6 Å². The molecule has 4 unspecified atom stereocenters. The number of furan rings is 1. The van der Waals surface area contributed by atoms with Gasteiger partial charge in [0.05, 0.1) is 0 Å². The molecule has 2 rings (SSSR count). The first-order valence-electron chi connectivity index (χ1n) is 8.75. The van der Waals surface area contributed by atoms with E-state index in [4.69, 9.17) is 4.42 Å². The summed E-state index contributed by atoms with van der Waals surface area (Å²) in [6.07, 6.45) is 5.23. The van der Waals surface area contributed by atoms with E-state index in [1.54, 1.807) is 0 Å². The zero-order valence-electron chi connectivity index (χ0n) is 14.8. The Morgan fingerprint density at radius 3 is 2.33 bits per heavy atom. The van der Waals surface area contributed by atoms with E-state index in [-0.39, 0.29) is 0 Å². The lowest BCUT2D eigenvalue weighted by atomic mass is 9.71. The van der Waals surface area contributed by atoms with Crippen molar-refractivity contribution >= 4 is 0 Å². The highest BCUT2D eigenvalue weighted by atomic mass is 16.3. The maximum atomic E-state index is 5.91. The molecule has 0 bridgehead atoms. The molecule has 1 aliphatic carbocycles. The van der Waals surface area contributed by atoms with Crippen molar-refractivity contribution in [3.8, 4) is 0 Å². The molecular formula is C19H33NO. The van der Waals surface area contributed by atoms with Gasteiger partial charge in [-0.1, -0.05) is 27.2 Å². The molecule has 2 heteroatoms. The van der Waals surface area contributed by atoms with Crippen LogP contribution >= 0.6 is 0 Å². The van der Waals surface area contributed by atoms with Gasteiger partial charge in [-0.15, -0.1) is 0 Å². The Morgan fingerprint density at radius 2 is 1.81 bits per heavy atom. The van der Waals surface area contributed by atoms with Crippen LogP contribution in [0.4, 0.5) is 0 Å². The van der Waals surface area contributed by atoms with Crippen LogP contribution in [-0.2, 0) is 0 Å². The van der Waals surface area contributed by atoms with Gasteiger partial charge >= 0.3 is 0 Å². The van der Waals surface area contributed by atoms with E-state index in [0.29, 0.717) is 6.04 Å². The van der Waals surface area contributed by atoms with Crippen molar-refractivity contribution in [2.24, 2.45) is 17.8 Å². The second-order valence-corrected chi connectivity index (χ2v) is 7.21. The van der Waals surface area contributed by atoms with E-state index < -0.39 is 0 Å². The van der Waals surface area contributed by atoms with Gasteiger partial charge in [0.25, 0.3) is 0 Å². The summed E-state index contributed by atoms with van der Waals surface area (Å²) in [7, 11) is 0. The van der Waals surface area contributed by atoms with Gasteiger partial charge in [-0.25, -0.2) is 0 Å². The van der Waals surface area contributed by atoms with E-state index >= 15 is 0 Å². The second kappa shape index (κ2) is 7.00. The standard InChI is InChI=1S/C19H33NO/c1-7-10-20-19(17-9-8-12(2)13(3)11-17)18-14(4)15(5)21-16(18)6/h12-13,17,19-20H,7-11H2,1-6H3. The van der Waals surface area contributed by atoms with Gasteiger partial charge in [-0.3, -0.25) is 0 Å². The number of nitrogens with one attached hydrogen (secondary N) is 1.